The molecular formula is C18H29N7O. The summed E-state index contributed by atoms with van der Waals surface area (Å²) in [5, 5.41) is 17.9. The third-order valence-electron chi connectivity index (χ3n) is 5.09. The van der Waals surface area contributed by atoms with E-state index in [4.69, 9.17) is 5.11 Å². The van der Waals surface area contributed by atoms with Gasteiger partial charge in [-0.2, -0.15) is 0 Å². The number of aryl methyl sites for hydroxylation is 1. The van der Waals surface area contributed by atoms with Crippen molar-refractivity contribution in [2.75, 3.05) is 33.3 Å². The lowest BCUT2D eigenvalue weighted by atomic mass is 9.95. The summed E-state index contributed by atoms with van der Waals surface area (Å²) in [7, 11) is 4.03. The molecule has 0 aromatic carbocycles. The Morgan fingerprint density at radius 3 is 2.54 bits per heavy atom. The van der Waals surface area contributed by atoms with Crippen LogP contribution < -0.4 is 0 Å². The van der Waals surface area contributed by atoms with Crippen LogP contribution in [0, 0.1) is 6.92 Å². The van der Waals surface area contributed by atoms with E-state index in [1.54, 1.807) is 0 Å². The molecular weight excluding hydrogens is 330 g/mol. The molecule has 2 aromatic heterocycles. The van der Waals surface area contributed by atoms with Gasteiger partial charge in [0.15, 0.2) is 0 Å². The van der Waals surface area contributed by atoms with Gasteiger partial charge in [-0.05, 0) is 39.9 Å². The van der Waals surface area contributed by atoms with Gasteiger partial charge in [-0.15, -0.1) is 10.2 Å². The van der Waals surface area contributed by atoms with Gasteiger partial charge in [0.25, 0.3) is 0 Å². The zero-order valence-electron chi connectivity index (χ0n) is 16.0. The first-order valence-electron chi connectivity index (χ1n) is 9.24. The summed E-state index contributed by atoms with van der Waals surface area (Å²) in [5.41, 5.74) is 1.17. The Bertz CT molecular complexity index is 692. The second-order valence-electron chi connectivity index (χ2n) is 7.18. The zero-order chi connectivity index (χ0) is 18.5. The van der Waals surface area contributed by atoms with E-state index in [1.165, 1.54) is 5.56 Å². The first-order valence-corrected chi connectivity index (χ1v) is 9.24. The maximum Gasteiger partial charge on any atom is 0.146 e. The summed E-state index contributed by atoms with van der Waals surface area (Å²) in [6.07, 6.45) is 6.02. The van der Waals surface area contributed by atoms with Crippen molar-refractivity contribution in [1.29, 1.82) is 0 Å². The highest BCUT2D eigenvalue weighted by atomic mass is 16.3. The van der Waals surface area contributed by atoms with Crippen molar-refractivity contribution in [3.05, 3.63) is 35.4 Å². The third kappa shape index (κ3) is 4.63. The summed E-state index contributed by atoms with van der Waals surface area (Å²) >= 11 is 0. The molecule has 0 radical (unpaired) electrons. The first kappa shape index (κ1) is 18.9. The van der Waals surface area contributed by atoms with E-state index in [1.807, 2.05) is 33.4 Å². The number of aliphatic hydroxyl groups is 1. The highest BCUT2D eigenvalue weighted by molar-refractivity contribution is 5.07. The maximum absolute atomic E-state index is 9.04. The molecule has 3 rings (SSSR count). The number of hydrogen-bond donors (Lipinski definition) is 1. The van der Waals surface area contributed by atoms with Crippen molar-refractivity contribution >= 4 is 0 Å². The second-order valence-corrected chi connectivity index (χ2v) is 7.18. The van der Waals surface area contributed by atoms with Crippen molar-refractivity contribution < 1.29 is 5.11 Å². The Balaban J connectivity index is 1.54. The minimum Gasteiger partial charge on any atom is -0.395 e. The molecule has 26 heavy (non-hydrogen) atoms. The predicted octanol–water partition coefficient (Wildman–Crippen LogP) is 0.717. The van der Waals surface area contributed by atoms with Crippen LogP contribution in [0.3, 0.4) is 0 Å². The maximum atomic E-state index is 9.04. The molecule has 2 aromatic rings. The number of aliphatic hydroxyl groups excluding tert-OH is 1. The van der Waals surface area contributed by atoms with E-state index in [2.05, 4.69) is 34.5 Å². The van der Waals surface area contributed by atoms with Gasteiger partial charge in [0.05, 0.1) is 13.2 Å². The van der Waals surface area contributed by atoms with Crippen LogP contribution in [0.15, 0.2) is 12.4 Å². The Kier molecular flexibility index (Phi) is 6.29. The summed E-state index contributed by atoms with van der Waals surface area (Å²) in [4.78, 5) is 13.1. The molecule has 8 heteroatoms. The van der Waals surface area contributed by atoms with Gasteiger partial charge in [-0.25, -0.2) is 9.97 Å². The Hall–Kier alpha value is -1.90. The standard InChI is InChI=1S/C18H29N7O/c1-14-19-10-15(11-20-14)12-25-6-4-16(5-7-25)18-22-21-17(24(18)3)13-23(2)8-9-26/h10-11,16,26H,4-9,12-13H2,1-3H3. The van der Waals surface area contributed by atoms with Gasteiger partial charge >= 0.3 is 0 Å². The monoisotopic (exact) mass is 359 g/mol. The fraction of sp³-hybridized carbons (Fsp3) is 0.667. The van der Waals surface area contributed by atoms with Crippen LogP contribution in [-0.4, -0.2) is 72.9 Å². The largest absolute Gasteiger partial charge is 0.395 e. The molecule has 142 valence electrons. The van der Waals surface area contributed by atoms with Crippen LogP contribution in [0.5, 0.6) is 0 Å². The lowest BCUT2D eigenvalue weighted by molar-refractivity contribution is 0.199. The molecule has 0 saturated carbocycles. The van der Waals surface area contributed by atoms with E-state index in [9.17, 15) is 0 Å². The van der Waals surface area contributed by atoms with Crippen molar-refractivity contribution in [3.8, 4) is 0 Å². The molecule has 1 N–H and O–H groups in total. The molecule has 1 fully saturated rings. The zero-order valence-corrected chi connectivity index (χ0v) is 16.0. The van der Waals surface area contributed by atoms with Gasteiger partial charge in [0.2, 0.25) is 0 Å². The van der Waals surface area contributed by atoms with Gasteiger partial charge in [-0.1, -0.05) is 0 Å². The Morgan fingerprint density at radius 2 is 1.88 bits per heavy atom. The molecule has 8 nitrogen and oxygen atoms in total. The highest BCUT2D eigenvalue weighted by Gasteiger charge is 2.25. The second kappa shape index (κ2) is 8.66. The molecule has 1 aliphatic rings. The van der Waals surface area contributed by atoms with E-state index < -0.39 is 0 Å². The third-order valence-corrected chi connectivity index (χ3v) is 5.09. The summed E-state index contributed by atoms with van der Waals surface area (Å²) in [6.45, 7) is 6.41. The number of likely N-dealkylation sites (N-methyl/N-ethyl adjacent to an activating group) is 1. The Morgan fingerprint density at radius 1 is 1.19 bits per heavy atom. The minimum atomic E-state index is 0.158. The molecule has 1 saturated heterocycles. The number of aromatic nitrogens is 5. The predicted molar refractivity (Wildman–Crippen MR) is 98.4 cm³/mol. The van der Waals surface area contributed by atoms with Crippen LogP contribution in [0.2, 0.25) is 0 Å². The van der Waals surface area contributed by atoms with Crippen LogP contribution in [-0.2, 0) is 20.1 Å². The quantitative estimate of drug-likeness (QED) is 0.780. The van der Waals surface area contributed by atoms with Crippen LogP contribution in [0.1, 0.15) is 41.8 Å². The lowest BCUT2D eigenvalue weighted by Gasteiger charge is -2.31. The summed E-state index contributed by atoms with van der Waals surface area (Å²) < 4.78 is 2.13. The molecule has 0 amide bonds. The summed E-state index contributed by atoms with van der Waals surface area (Å²) in [5.74, 6) is 3.30. The SMILES string of the molecule is Cc1ncc(CN2CCC(c3nnc(CN(C)CCO)n3C)CC2)cn1. The average Bonchev–Trinajstić information content (AvgIpc) is 2.98. The van der Waals surface area contributed by atoms with Gasteiger partial charge in [0.1, 0.15) is 17.5 Å². The van der Waals surface area contributed by atoms with Crippen molar-refractivity contribution in [2.45, 2.75) is 38.8 Å². The van der Waals surface area contributed by atoms with E-state index >= 15 is 0 Å². The van der Waals surface area contributed by atoms with Gasteiger partial charge in [-0.3, -0.25) is 9.80 Å². The van der Waals surface area contributed by atoms with Crippen LogP contribution in [0.25, 0.3) is 0 Å². The molecule has 0 spiro atoms. The topological polar surface area (TPSA) is 83.2 Å². The molecule has 0 atom stereocenters. The van der Waals surface area contributed by atoms with Gasteiger partial charge < -0.3 is 9.67 Å². The molecule has 0 bridgehead atoms. The smallest absolute Gasteiger partial charge is 0.146 e. The lowest BCUT2D eigenvalue weighted by Crippen LogP contribution is -2.33. The van der Waals surface area contributed by atoms with Crippen molar-refractivity contribution in [3.63, 3.8) is 0 Å². The van der Waals surface area contributed by atoms with Crippen molar-refractivity contribution in [1.82, 2.24) is 34.5 Å². The minimum absolute atomic E-state index is 0.158. The number of hydrogen-bond acceptors (Lipinski definition) is 7. The van der Waals surface area contributed by atoms with Crippen molar-refractivity contribution in [2.24, 2.45) is 7.05 Å². The number of piperidine rings is 1. The number of likely N-dealkylation sites (tertiary alicyclic amines) is 1. The average molecular weight is 359 g/mol. The van der Waals surface area contributed by atoms with Crippen LogP contribution >= 0.6 is 0 Å². The molecule has 0 aliphatic carbocycles. The fourth-order valence-corrected chi connectivity index (χ4v) is 3.47. The molecule has 1 aliphatic heterocycles. The fourth-order valence-electron chi connectivity index (χ4n) is 3.47. The van der Waals surface area contributed by atoms with Crippen LogP contribution in [0.4, 0.5) is 0 Å². The normalized spacial score (nSPS) is 16.5. The highest BCUT2D eigenvalue weighted by Crippen LogP contribution is 2.27. The van der Waals surface area contributed by atoms with E-state index in [0.29, 0.717) is 19.0 Å². The molecule has 0 unspecified atom stereocenters. The molecule has 3 heterocycles. The summed E-state index contributed by atoms with van der Waals surface area (Å²) in [6, 6.07) is 0. The van der Waals surface area contributed by atoms with E-state index in [-0.39, 0.29) is 6.61 Å². The first-order chi connectivity index (χ1) is 12.6. The Labute approximate surface area is 154 Å². The van der Waals surface area contributed by atoms with E-state index in [0.717, 1.165) is 49.9 Å². The number of rotatable bonds is 7. The van der Waals surface area contributed by atoms with Gasteiger partial charge in [0, 0.05) is 44.0 Å². The number of nitrogens with zero attached hydrogens (tertiary/aromatic N) is 7.